The number of anilines is 1. The molecule has 0 saturated carbocycles. The molecule has 2 aromatic carbocycles. The van der Waals surface area contributed by atoms with Gasteiger partial charge in [-0.25, -0.2) is 0 Å². The SMILES string of the molecule is CC(Nc1cccc(Cl)c1Br)c1ccc(C#N)cc1. The highest BCUT2D eigenvalue weighted by Gasteiger charge is 2.09. The molecule has 0 aliphatic heterocycles. The number of hydrogen-bond donors (Lipinski definition) is 1. The van der Waals surface area contributed by atoms with Crippen molar-refractivity contribution in [3.63, 3.8) is 0 Å². The third-order valence-corrected chi connectivity index (χ3v) is 4.26. The normalized spacial score (nSPS) is 11.7. The van der Waals surface area contributed by atoms with Crippen LogP contribution in [0.15, 0.2) is 46.9 Å². The van der Waals surface area contributed by atoms with Crippen molar-refractivity contribution in [1.82, 2.24) is 0 Å². The molecule has 2 aromatic rings. The third-order valence-electron chi connectivity index (χ3n) is 2.86. The van der Waals surface area contributed by atoms with Gasteiger partial charge in [0.2, 0.25) is 0 Å². The highest BCUT2D eigenvalue weighted by Crippen LogP contribution is 2.32. The molecule has 2 nitrogen and oxygen atoms in total. The lowest BCUT2D eigenvalue weighted by atomic mass is 10.1. The summed E-state index contributed by atoms with van der Waals surface area (Å²) in [4.78, 5) is 0. The van der Waals surface area contributed by atoms with Gasteiger partial charge in [0.25, 0.3) is 0 Å². The molecule has 1 atom stereocenters. The van der Waals surface area contributed by atoms with Gasteiger partial charge in [-0.2, -0.15) is 5.26 Å². The highest BCUT2D eigenvalue weighted by atomic mass is 79.9. The Balaban J connectivity index is 2.18. The van der Waals surface area contributed by atoms with E-state index in [1.54, 1.807) is 0 Å². The molecule has 1 unspecified atom stereocenters. The molecule has 4 heteroatoms. The summed E-state index contributed by atoms with van der Waals surface area (Å²) in [5.74, 6) is 0. The van der Waals surface area contributed by atoms with Gasteiger partial charge in [0.05, 0.1) is 26.8 Å². The summed E-state index contributed by atoms with van der Waals surface area (Å²) in [5, 5.41) is 12.9. The van der Waals surface area contributed by atoms with E-state index in [1.807, 2.05) is 42.5 Å². The molecule has 0 bridgehead atoms. The van der Waals surface area contributed by atoms with Crippen molar-refractivity contribution in [3.05, 3.63) is 63.1 Å². The molecule has 0 radical (unpaired) electrons. The maximum Gasteiger partial charge on any atom is 0.0991 e. The Hall–Kier alpha value is -1.50. The fourth-order valence-corrected chi connectivity index (χ4v) is 2.33. The van der Waals surface area contributed by atoms with Crippen LogP contribution >= 0.6 is 27.5 Å². The Labute approximate surface area is 126 Å². The van der Waals surface area contributed by atoms with Crippen LogP contribution in [0.1, 0.15) is 24.1 Å². The molecular formula is C15H12BrClN2. The lowest BCUT2D eigenvalue weighted by molar-refractivity contribution is 0.883. The smallest absolute Gasteiger partial charge is 0.0991 e. The van der Waals surface area contributed by atoms with Crippen molar-refractivity contribution in [2.75, 3.05) is 5.32 Å². The molecule has 0 aliphatic carbocycles. The second-order valence-corrected chi connectivity index (χ2v) is 5.40. The number of hydrogen-bond acceptors (Lipinski definition) is 2. The molecule has 0 aliphatic rings. The number of nitriles is 1. The van der Waals surface area contributed by atoms with Crippen molar-refractivity contribution < 1.29 is 0 Å². The predicted octanol–water partition coefficient (Wildman–Crippen LogP) is 5.15. The minimum absolute atomic E-state index is 0.127. The number of benzene rings is 2. The van der Waals surface area contributed by atoms with Crippen molar-refractivity contribution in [1.29, 1.82) is 5.26 Å². The van der Waals surface area contributed by atoms with E-state index in [4.69, 9.17) is 16.9 Å². The van der Waals surface area contributed by atoms with Crippen LogP contribution in [0.2, 0.25) is 5.02 Å². The number of nitrogens with zero attached hydrogens (tertiary/aromatic N) is 1. The fourth-order valence-electron chi connectivity index (χ4n) is 1.78. The summed E-state index contributed by atoms with van der Waals surface area (Å²) in [7, 11) is 0. The average Bonchev–Trinajstić information content (AvgIpc) is 2.44. The minimum atomic E-state index is 0.127. The van der Waals surface area contributed by atoms with Crippen LogP contribution in [0.4, 0.5) is 5.69 Å². The van der Waals surface area contributed by atoms with Crippen molar-refractivity contribution >= 4 is 33.2 Å². The largest absolute Gasteiger partial charge is 0.378 e. The second kappa shape index (κ2) is 6.10. The Kier molecular flexibility index (Phi) is 4.47. The van der Waals surface area contributed by atoms with Crippen LogP contribution in [0.25, 0.3) is 0 Å². The van der Waals surface area contributed by atoms with E-state index < -0.39 is 0 Å². The molecule has 0 fully saturated rings. The Morgan fingerprint density at radius 1 is 1.21 bits per heavy atom. The molecule has 0 saturated heterocycles. The van der Waals surface area contributed by atoms with Gasteiger partial charge in [-0.3, -0.25) is 0 Å². The van der Waals surface area contributed by atoms with Crippen LogP contribution in [-0.4, -0.2) is 0 Å². The summed E-state index contributed by atoms with van der Waals surface area (Å²) in [5.41, 5.74) is 2.73. The zero-order valence-electron chi connectivity index (χ0n) is 10.3. The van der Waals surface area contributed by atoms with Gasteiger partial charge >= 0.3 is 0 Å². The third kappa shape index (κ3) is 3.28. The highest BCUT2D eigenvalue weighted by molar-refractivity contribution is 9.10. The molecular weight excluding hydrogens is 324 g/mol. The van der Waals surface area contributed by atoms with Crippen molar-refractivity contribution in [2.24, 2.45) is 0 Å². The summed E-state index contributed by atoms with van der Waals surface area (Å²) < 4.78 is 0.858. The van der Waals surface area contributed by atoms with E-state index >= 15 is 0 Å². The average molecular weight is 336 g/mol. The lowest BCUT2D eigenvalue weighted by Gasteiger charge is -2.17. The van der Waals surface area contributed by atoms with Crippen LogP contribution in [0, 0.1) is 11.3 Å². The summed E-state index contributed by atoms with van der Waals surface area (Å²) >= 11 is 9.53. The first-order valence-electron chi connectivity index (χ1n) is 5.82. The molecule has 2 rings (SSSR count). The van der Waals surface area contributed by atoms with Gasteiger partial charge in [0.15, 0.2) is 0 Å². The van der Waals surface area contributed by atoms with Crippen molar-refractivity contribution in [3.8, 4) is 6.07 Å². The van der Waals surface area contributed by atoms with Gasteiger partial charge in [0, 0.05) is 6.04 Å². The van der Waals surface area contributed by atoms with E-state index in [9.17, 15) is 0 Å². The first-order valence-corrected chi connectivity index (χ1v) is 6.99. The Morgan fingerprint density at radius 3 is 2.53 bits per heavy atom. The maximum atomic E-state index is 8.78. The van der Waals surface area contributed by atoms with Gasteiger partial charge in [-0.05, 0) is 52.7 Å². The summed E-state index contributed by atoms with van der Waals surface area (Å²) in [6.45, 7) is 2.06. The van der Waals surface area contributed by atoms with E-state index in [2.05, 4.69) is 34.2 Å². The molecule has 0 aromatic heterocycles. The number of nitrogens with one attached hydrogen (secondary N) is 1. The van der Waals surface area contributed by atoms with Crippen LogP contribution in [0.5, 0.6) is 0 Å². The standard InChI is InChI=1S/C15H12BrClN2/c1-10(12-7-5-11(9-18)6-8-12)19-14-4-2-3-13(17)15(14)16/h2-8,10,19H,1H3. The van der Waals surface area contributed by atoms with Crippen LogP contribution in [-0.2, 0) is 0 Å². The topological polar surface area (TPSA) is 35.8 Å². The lowest BCUT2D eigenvalue weighted by Crippen LogP contribution is -2.07. The molecule has 1 N–H and O–H groups in total. The summed E-state index contributed by atoms with van der Waals surface area (Å²) in [6, 6.07) is 15.5. The van der Waals surface area contributed by atoms with Crippen LogP contribution in [0.3, 0.4) is 0 Å². The number of halogens is 2. The predicted molar refractivity (Wildman–Crippen MR) is 82.3 cm³/mol. The van der Waals surface area contributed by atoms with Gasteiger partial charge in [-0.15, -0.1) is 0 Å². The number of rotatable bonds is 3. The quantitative estimate of drug-likeness (QED) is 0.842. The zero-order valence-corrected chi connectivity index (χ0v) is 12.7. The first-order chi connectivity index (χ1) is 9.11. The van der Waals surface area contributed by atoms with Gasteiger partial charge in [0.1, 0.15) is 0 Å². The molecule has 0 heterocycles. The first kappa shape index (κ1) is 13.9. The molecule has 96 valence electrons. The molecule has 19 heavy (non-hydrogen) atoms. The van der Waals surface area contributed by atoms with E-state index in [0.717, 1.165) is 15.7 Å². The van der Waals surface area contributed by atoms with Crippen molar-refractivity contribution in [2.45, 2.75) is 13.0 Å². The van der Waals surface area contributed by atoms with Gasteiger partial charge < -0.3 is 5.32 Å². The van der Waals surface area contributed by atoms with E-state index in [0.29, 0.717) is 10.6 Å². The second-order valence-electron chi connectivity index (χ2n) is 4.20. The van der Waals surface area contributed by atoms with Crippen LogP contribution < -0.4 is 5.32 Å². The maximum absolute atomic E-state index is 8.78. The van der Waals surface area contributed by atoms with E-state index in [-0.39, 0.29) is 6.04 Å². The zero-order chi connectivity index (χ0) is 13.8. The Morgan fingerprint density at radius 2 is 1.89 bits per heavy atom. The summed E-state index contributed by atoms with van der Waals surface area (Å²) in [6.07, 6.45) is 0. The Bertz CT molecular complexity index is 617. The molecule has 0 amide bonds. The molecule has 0 spiro atoms. The van der Waals surface area contributed by atoms with Gasteiger partial charge in [-0.1, -0.05) is 29.8 Å². The monoisotopic (exact) mass is 334 g/mol. The van der Waals surface area contributed by atoms with E-state index in [1.165, 1.54) is 0 Å². The fraction of sp³-hybridized carbons (Fsp3) is 0.133. The minimum Gasteiger partial charge on any atom is -0.378 e.